The Hall–Kier alpha value is -1.33. The lowest BCUT2D eigenvalue weighted by molar-refractivity contribution is 0.222. The number of hydrogen-bond donors (Lipinski definition) is 0. The molecule has 0 bridgehead atoms. The minimum Gasteiger partial charge on any atom is -0.358 e. The molecule has 0 aromatic heterocycles. The topological polar surface area (TPSA) is 23.6 Å². The third kappa shape index (κ3) is 6.20. The van der Waals surface area contributed by atoms with Gasteiger partial charge in [-0.05, 0) is 25.8 Å². The van der Waals surface area contributed by atoms with Gasteiger partial charge in [0, 0.05) is 37.9 Å². The van der Waals surface area contributed by atoms with E-state index >= 15 is 0 Å². The van der Waals surface area contributed by atoms with Gasteiger partial charge in [0.2, 0.25) is 0 Å². The molecule has 120 valence electrons. The molecule has 5 heteroatoms. The van der Waals surface area contributed by atoms with Crippen LogP contribution >= 0.6 is 24.0 Å². The molecule has 0 saturated carbocycles. The van der Waals surface area contributed by atoms with Crippen molar-refractivity contribution in [3.63, 3.8) is 0 Å². The number of hydrogen-bond acceptors (Lipinski definition) is 3. The Morgan fingerprint density at radius 1 is 1.23 bits per heavy atom. The molecule has 1 aromatic rings. The van der Waals surface area contributed by atoms with Gasteiger partial charge in [-0.1, -0.05) is 48.6 Å². The molecule has 0 saturated heterocycles. The maximum absolute atomic E-state index is 12.5. The van der Waals surface area contributed by atoms with Gasteiger partial charge in [-0.25, -0.2) is 0 Å². The average molecular weight is 337 g/mol. The summed E-state index contributed by atoms with van der Waals surface area (Å²) in [5.74, 6) is 0. The summed E-state index contributed by atoms with van der Waals surface area (Å²) >= 11 is 6.51. The zero-order valence-corrected chi connectivity index (χ0v) is 15.0. The molecule has 1 aromatic carbocycles. The van der Waals surface area contributed by atoms with Crippen LogP contribution in [0.25, 0.3) is 0 Å². The number of thioether (sulfide) groups is 1. The van der Waals surface area contributed by atoms with Crippen molar-refractivity contribution >= 4 is 33.5 Å². The summed E-state index contributed by atoms with van der Waals surface area (Å²) in [6, 6.07) is 10.0. The Labute approximate surface area is 143 Å². The minimum absolute atomic E-state index is 0.00241. The lowest BCUT2D eigenvalue weighted by Gasteiger charge is -2.25. The number of amides is 1. The van der Waals surface area contributed by atoms with Crippen LogP contribution in [0.15, 0.2) is 43.0 Å². The molecule has 0 N–H and O–H groups in total. The van der Waals surface area contributed by atoms with E-state index in [4.69, 9.17) is 12.2 Å². The van der Waals surface area contributed by atoms with Crippen LogP contribution in [-0.4, -0.2) is 39.0 Å². The molecule has 0 aliphatic carbocycles. The van der Waals surface area contributed by atoms with Gasteiger partial charge in [0.1, 0.15) is 4.32 Å². The highest BCUT2D eigenvalue weighted by molar-refractivity contribution is 8.32. The fourth-order valence-corrected chi connectivity index (χ4v) is 3.27. The average Bonchev–Trinajstić information content (AvgIpc) is 2.53. The van der Waals surface area contributed by atoms with E-state index in [2.05, 4.69) is 6.58 Å². The predicted octanol–water partition coefficient (Wildman–Crippen LogP) is 4.54. The minimum atomic E-state index is 0.00241. The molecule has 0 spiro atoms. The van der Waals surface area contributed by atoms with Crippen molar-refractivity contribution in [1.29, 1.82) is 0 Å². The smallest absolute Gasteiger partial charge is 0.288 e. The highest BCUT2D eigenvalue weighted by atomic mass is 32.2. The zero-order chi connectivity index (χ0) is 16.4. The first kappa shape index (κ1) is 18.7. The molecule has 0 radical (unpaired) electrons. The number of nitrogens with zero attached hydrogens (tertiary/aromatic N) is 2. The Morgan fingerprint density at radius 2 is 1.86 bits per heavy atom. The number of carbonyl (C=O) groups excluding carboxylic acids is 1. The van der Waals surface area contributed by atoms with Crippen molar-refractivity contribution in [2.24, 2.45) is 0 Å². The molecule has 0 aliphatic rings. The van der Waals surface area contributed by atoms with Crippen LogP contribution in [0.4, 0.5) is 4.79 Å². The normalized spacial score (nSPS) is 10.1. The van der Waals surface area contributed by atoms with Crippen molar-refractivity contribution in [1.82, 2.24) is 9.80 Å². The Kier molecular flexibility index (Phi) is 8.85. The van der Waals surface area contributed by atoms with E-state index in [1.54, 1.807) is 0 Å². The zero-order valence-electron chi connectivity index (χ0n) is 13.3. The molecular weight excluding hydrogens is 312 g/mol. The van der Waals surface area contributed by atoms with Crippen molar-refractivity contribution in [2.75, 3.05) is 19.6 Å². The van der Waals surface area contributed by atoms with E-state index in [-0.39, 0.29) is 5.24 Å². The van der Waals surface area contributed by atoms with Crippen LogP contribution in [0.1, 0.15) is 25.8 Å². The Morgan fingerprint density at radius 3 is 2.41 bits per heavy atom. The molecule has 1 rings (SSSR count). The summed E-state index contributed by atoms with van der Waals surface area (Å²) in [5.41, 5.74) is 1.12. The van der Waals surface area contributed by atoms with Crippen molar-refractivity contribution in [3.8, 4) is 0 Å². The van der Waals surface area contributed by atoms with Gasteiger partial charge in [0.25, 0.3) is 5.24 Å². The third-order valence-corrected chi connectivity index (χ3v) is 4.65. The maximum Gasteiger partial charge on any atom is 0.288 e. The Balaban J connectivity index is 2.71. The molecule has 1 amide bonds. The molecule has 0 heterocycles. The van der Waals surface area contributed by atoms with Crippen LogP contribution in [0.3, 0.4) is 0 Å². The van der Waals surface area contributed by atoms with E-state index in [9.17, 15) is 4.79 Å². The lowest BCUT2D eigenvalue weighted by atomic mass is 10.2. The molecule has 22 heavy (non-hydrogen) atoms. The number of benzene rings is 1. The van der Waals surface area contributed by atoms with Crippen LogP contribution in [-0.2, 0) is 6.54 Å². The van der Waals surface area contributed by atoms with Crippen LogP contribution in [0, 0.1) is 0 Å². The summed E-state index contributed by atoms with van der Waals surface area (Å²) in [6.07, 6.45) is 2.61. The molecule has 3 nitrogen and oxygen atoms in total. The van der Waals surface area contributed by atoms with Gasteiger partial charge in [0.15, 0.2) is 0 Å². The molecule has 0 aliphatic heterocycles. The van der Waals surface area contributed by atoms with Crippen molar-refractivity contribution < 1.29 is 4.79 Å². The fraction of sp³-hybridized carbons (Fsp3) is 0.412. The number of rotatable bonds is 7. The van der Waals surface area contributed by atoms with E-state index in [1.807, 2.05) is 60.1 Å². The second kappa shape index (κ2) is 10.4. The lowest BCUT2D eigenvalue weighted by Crippen LogP contribution is -2.33. The Bertz CT molecular complexity index is 487. The van der Waals surface area contributed by atoms with Gasteiger partial charge in [-0.2, -0.15) is 0 Å². The first-order valence-electron chi connectivity index (χ1n) is 7.52. The summed E-state index contributed by atoms with van der Waals surface area (Å²) in [7, 11) is 0. The first-order valence-corrected chi connectivity index (χ1v) is 8.75. The van der Waals surface area contributed by atoms with Gasteiger partial charge in [-0.3, -0.25) is 4.79 Å². The molecular formula is C17H24N2OS2. The largest absolute Gasteiger partial charge is 0.358 e. The van der Waals surface area contributed by atoms with Crippen LogP contribution in [0.2, 0.25) is 0 Å². The van der Waals surface area contributed by atoms with Gasteiger partial charge in [0.05, 0.1) is 0 Å². The van der Waals surface area contributed by atoms with E-state index in [1.165, 1.54) is 0 Å². The van der Waals surface area contributed by atoms with Crippen LogP contribution < -0.4 is 0 Å². The highest BCUT2D eigenvalue weighted by Crippen LogP contribution is 2.17. The second-order valence-electron chi connectivity index (χ2n) is 4.79. The fourth-order valence-electron chi connectivity index (χ4n) is 1.97. The van der Waals surface area contributed by atoms with Crippen molar-refractivity contribution in [2.45, 2.75) is 26.8 Å². The number of thiocarbonyl (C=S) groups is 1. The maximum atomic E-state index is 12.5. The van der Waals surface area contributed by atoms with Crippen LogP contribution in [0.5, 0.6) is 0 Å². The van der Waals surface area contributed by atoms with Gasteiger partial charge < -0.3 is 9.80 Å². The number of carbonyl (C=O) groups is 1. The van der Waals surface area contributed by atoms with E-state index in [0.717, 1.165) is 36.8 Å². The SMILES string of the molecule is C=CCCN(Cc1ccccc1)C(=O)SC(=S)N(CC)CC. The summed E-state index contributed by atoms with van der Waals surface area (Å²) < 4.78 is 0.645. The predicted molar refractivity (Wildman–Crippen MR) is 100 cm³/mol. The molecule has 0 unspecified atom stereocenters. The second-order valence-corrected chi connectivity index (χ2v) is 6.38. The summed E-state index contributed by atoms with van der Waals surface area (Å²) in [6.45, 7) is 10.7. The van der Waals surface area contributed by atoms with Gasteiger partial charge >= 0.3 is 0 Å². The van der Waals surface area contributed by atoms with Gasteiger partial charge in [-0.15, -0.1) is 6.58 Å². The summed E-state index contributed by atoms with van der Waals surface area (Å²) in [4.78, 5) is 16.4. The quantitative estimate of drug-likeness (QED) is 0.538. The molecule has 0 fully saturated rings. The standard InChI is InChI=1S/C17H24N2OS2/c1-4-7-13-19(14-15-11-9-8-10-12-15)16(20)22-17(21)18(5-2)6-3/h4,8-12H,1,5-7,13-14H2,2-3H3. The monoisotopic (exact) mass is 336 g/mol. The first-order chi connectivity index (χ1) is 10.6. The van der Waals surface area contributed by atoms with E-state index < -0.39 is 0 Å². The molecule has 0 atom stereocenters. The van der Waals surface area contributed by atoms with Crippen molar-refractivity contribution in [3.05, 3.63) is 48.6 Å². The summed E-state index contributed by atoms with van der Waals surface area (Å²) in [5, 5.41) is 0.00241. The highest BCUT2D eigenvalue weighted by Gasteiger charge is 2.18. The van der Waals surface area contributed by atoms with E-state index in [0.29, 0.717) is 17.4 Å². The third-order valence-electron chi connectivity index (χ3n) is 3.27.